The Hall–Kier alpha value is -2.20. The standard InChI is InChI=1S/C22H26FN3/c1-26(15-16-8-9-16)13-5-4-12-24-22-18-6-2-3-7-20(18)25-21-11-10-17(23)14-19(21)22/h2-3,6-7,10-11,14,16H,4-5,8-9,12-13,15H2,1H3,(H,24,25). The number of para-hydroxylation sites is 1. The Bertz CT molecular complexity index is 904. The molecule has 1 N–H and O–H groups in total. The number of unbranched alkanes of at least 4 members (excludes halogenated alkanes) is 1. The number of hydrogen-bond acceptors (Lipinski definition) is 3. The number of benzene rings is 2. The molecule has 4 rings (SSSR count). The van der Waals surface area contributed by atoms with Crippen LogP contribution in [0, 0.1) is 11.7 Å². The maximum atomic E-state index is 13.8. The number of nitrogens with one attached hydrogen (secondary N) is 1. The molecule has 1 fully saturated rings. The fourth-order valence-electron chi connectivity index (χ4n) is 3.61. The fourth-order valence-corrected chi connectivity index (χ4v) is 3.61. The molecule has 0 aliphatic heterocycles. The first-order valence-electron chi connectivity index (χ1n) is 9.61. The number of fused-ring (bicyclic) bond motifs is 2. The Morgan fingerprint density at radius 2 is 1.88 bits per heavy atom. The lowest BCUT2D eigenvalue weighted by molar-refractivity contribution is 0.314. The first-order valence-corrected chi connectivity index (χ1v) is 9.61. The summed E-state index contributed by atoms with van der Waals surface area (Å²) in [5.74, 6) is 0.724. The predicted molar refractivity (Wildman–Crippen MR) is 107 cm³/mol. The SMILES string of the molecule is CN(CCCCNc1c2ccccc2nc2ccc(F)cc12)CC1CC1. The zero-order valence-electron chi connectivity index (χ0n) is 15.3. The number of nitrogens with zero attached hydrogens (tertiary/aromatic N) is 2. The Kier molecular flexibility index (Phi) is 5.02. The van der Waals surface area contributed by atoms with Gasteiger partial charge in [-0.25, -0.2) is 9.37 Å². The average Bonchev–Trinajstić information content (AvgIpc) is 3.45. The van der Waals surface area contributed by atoms with Crippen molar-refractivity contribution in [2.45, 2.75) is 25.7 Å². The van der Waals surface area contributed by atoms with E-state index >= 15 is 0 Å². The van der Waals surface area contributed by atoms with Crippen LogP contribution in [0.2, 0.25) is 0 Å². The van der Waals surface area contributed by atoms with E-state index in [-0.39, 0.29) is 5.82 Å². The predicted octanol–water partition coefficient (Wildman–Crippen LogP) is 5.06. The van der Waals surface area contributed by atoms with Gasteiger partial charge in [-0.3, -0.25) is 0 Å². The summed E-state index contributed by atoms with van der Waals surface area (Å²) in [5, 5.41) is 5.47. The summed E-state index contributed by atoms with van der Waals surface area (Å²) in [6, 6.07) is 12.9. The van der Waals surface area contributed by atoms with Gasteiger partial charge in [0.1, 0.15) is 5.82 Å². The second-order valence-corrected chi connectivity index (χ2v) is 7.50. The third-order valence-corrected chi connectivity index (χ3v) is 5.18. The number of pyridine rings is 1. The lowest BCUT2D eigenvalue weighted by Crippen LogP contribution is -2.22. The van der Waals surface area contributed by atoms with Gasteiger partial charge >= 0.3 is 0 Å². The normalized spacial score (nSPS) is 14.4. The quantitative estimate of drug-likeness (QED) is 0.454. The van der Waals surface area contributed by atoms with E-state index in [0.717, 1.165) is 52.9 Å². The van der Waals surface area contributed by atoms with Gasteiger partial charge in [0.25, 0.3) is 0 Å². The Balaban J connectivity index is 1.46. The maximum Gasteiger partial charge on any atom is 0.124 e. The zero-order chi connectivity index (χ0) is 17.9. The van der Waals surface area contributed by atoms with E-state index in [1.54, 1.807) is 12.1 Å². The van der Waals surface area contributed by atoms with Gasteiger partial charge in [-0.05, 0) is 69.5 Å². The molecule has 0 unspecified atom stereocenters. The van der Waals surface area contributed by atoms with Gasteiger partial charge in [0.2, 0.25) is 0 Å². The van der Waals surface area contributed by atoms with Crippen molar-refractivity contribution in [1.29, 1.82) is 0 Å². The highest BCUT2D eigenvalue weighted by Gasteiger charge is 2.22. The van der Waals surface area contributed by atoms with E-state index in [4.69, 9.17) is 0 Å². The summed E-state index contributed by atoms with van der Waals surface area (Å²) in [5.41, 5.74) is 2.77. The molecule has 0 amide bonds. The van der Waals surface area contributed by atoms with Crippen molar-refractivity contribution in [2.24, 2.45) is 5.92 Å². The zero-order valence-corrected chi connectivity index (χ0v) is 15.3. The van der Waals surface area contributed by atoms with Gasteiger partial charge in [-0.1, -0.05) is 18.2 Å². The van der Waals surface area contributed by atoms with Gasteiger partial charge < -0.3 is 10.2 Å². The van der Waals surface area contributed by atoms with Crippen LogP contribution in [0.4, 0.5) is 10.1 Å². The van der Waals surface area contributed by atoms with Crippen molar-refractivity contribution in [3.05, 3.63) is 48.3 Å². The molecule has 4 heteroatoms. The Labute approximate surface area is 154 Å². The van der Waals surface area contributed by atoms with Crippen LogP contribution in [0.1, 0.15) is 25.7 Å². The van der Waals surface area contributed by atoms with Crippen molar-refractivity contribution in [2.75, 3.05) is 32.0 Å². The first kappa shape index (κ1) is 17.2. The number of anilines is 1. The Morgan fingerprint density at radius 3 is 2.73 bits per heavy atom. The molecule has 2 aromatic carbocycles. The molecule has 3 aromatic rings. The molecule has 1 heterocycles. The highest BCUT2D eigenvalue weighted by Crippen LogP contribution is 2.31. The van der Waals surface area contributed by atoms with Crippen LogP contribution < -0.4 is 5.32 Å². The average molecular weight is 351 g/mol. The third kappa shape index (κ3) is 3.96. The van der Waals surface area contributed by atoms with E-state index < -0.39 is 0 Å². The van der Waals surface area contributed by atoms with Crippen LogP contribution in [0.25, 0.3) is 21.8 Å². The minimum atomic E-state index is -0.223. The molecule has 0 atom stereocenters. The Morgan fingerprint density at radius 1 is 1.08 bits per heavy atom. The molecule has 1 aliphatic rings. The summed E-state index contributed by atoms with van der Waals surface area (Å²) in [6.07, 6.45) is 5.09. The largest absolute Gasteiger partial charge is 0.384 e. The lowest BCUT2D eigenvalue weighted by atomic mass is 10.1. The smallest absolute Gasteiger partial charge is 0.124 e. The van der Waals surface area contributed by atoms with Crippen molar-refractivity contribution in [3.8, 4) is 0 Å². The molecule has 26 heavy (non-hydrogen) atoms. The van der Waals surface area contributed by atoms with Crippen molar-refractivity contribution >= 4 is 27.5 Å². The third-order valence-electron chi connectivity index (χ3n) is 5.18. The van der Waals surface area contributed by atoms with Gasteiger partial charge in [-0.15, -0.1) is 0 Å². The summed E-state index contributed by atoms with van der Waals surface area (Å²) >= 11 is 0. The van der Waals surface area contributed by atoms with Crippen LogP contribution in [0.3, 0.4) is 0 Å². The fraction of sp³-hybridized carbons (Fsp3) is 0.409. The first-order chi connectivity index (χ1) is 12.7. The minimum Gasteiger partial charge on any atom is -0.384 e. The number of halogens is 1. The molecule has 0 bridgehead atoms. The van der Waals surface area contributed by atoms with Crippen LogP contribution in [0.15, 0.2) is 42.5 Å². The van der Waals surface area contributed by atoms with Crippen molar-refractivity contribution in [1.82, 2.24) is 9.88 Å². The van der Waals surface area contributed by atoms with E-state index in [0.29, 0.717) is 0 Å². The summed E-state index contributed by atoms with van der Waals surface area (Å²) in [6.45, 7) is 3.27. The van der Waals surface area contributed by atoms with Gasteiger partial charge in [-0.2, -0.15) is 0 Å². The molecule has 3 nitrogen and oxygen atoms in total. The van der Waals surface area contributed by atoms with E-state index in [9.17, 15) is 4.39 Å². The number of aromatic nitrogens is 1. The monoisotopic (exact) mass is 351 g/mol. The van der Waals surface area contributed by atoms with Crippen LogP contribution in [0.5, 0.6) is 0 Å². The second-order valence-electron chi connectivity index (χ2n) is 7.50. The van der Waals surface area contributed by atoms with Gasteiger partial charge in [0.05, 0.1) is 16.7 Å². The molecule has 0 spiro atoms. The van der Waals surface area contributed by atoms with Crippen LogP contribution in [-0.2, 0) is 0 Å². The van der Waals surface area contributed by atoms with Crippen molar-refractivity contribution in [3.63, 3.8) is 0 Å². The molecule has 0 radical (unpaired) electrons. The van der Waals surface area contributed by atoms with Crippen LogP contribution in [-0.4, -0.2) is 36.6 Å². The second kappa shape index (κ2) is 7.58. The number of hydrogen-bond donors (Lipinski definition) is 1. The maximum absolute atomic E-state index is 13.8. The van der Waals surface area contributed by atoms with Gasteiger partial charge in [0.15, 0.2) is 0 Å². The minimum absolute atomic E-state index is 0.223. The molecular weight excluding hydrogens is 325 g/mol. The van der Waals surface area contributed by atoms with Crippen molar-refractivity contribution < 1.29 is 4.39 Å². The van der Waals surface area contributed by atoms with Crippen LogP contribution >= 0.6 is 0 Å². The van der Waals surface area contributed by atoms with Gasteiger partial charge in [0, 0.05) is 23.9 Å². The highest BCUT2D eigenvalue weighted by molar-refractivity contribution is 6.07. The van der Waals surface area contributed by atoms with E-state index in [2.05, 4.69) is 28.3 Å². The molecule has 0 saturated heterocycles. The lowest BCUT2D eigenvalue weighted by Gasteiger charge is -2.17. The molecular formula is C22H26FN3. The molecule has 136 valence electrons. The number of rotatable bonds is 8. The van der Waals surface area contributed by atoms with E-state index in [1.165, 1.54) is 31.9 Å². The molecule has 1 aliphatic carbocycles. The topological polar surface area (TPSA) is 28.2 Å². The molecule has 1 saturated carbocycles. The summed E-state index contributed by atoms with van der Waals surface area (Å²) in [4.78, 5) is 7.12. The summed E-state index contributed by atoms with van der Waals surface area (Å²) < 4.78 is 13.8. The molecule has 1 aromatic heterocycles. The van der Waals surface area contributed by atoms with E-state index in [1.807, 2.05) is 18.2 Å². The highest BCUT2D eigenvalue weighted by atomic mass is 19.1. The summed E-state index contributed by atoms with van der Waals surface area (Å²) in [7, 11) is 2.22.